The Bertz CT molecular complexity index is 466. The number of fused-ring (bicyclic) bond motifs is 3. The van der Waals surface area contributed by atoms with Crippen LogP contribution < -0.4 is 5.32 Å². The van der Waals surface area contributed by atoms with Crippen molar-refractivity contribution in [3.63, 3.8) is 0 Å². The van der Waals surface area contributed by atoms with Crippen LogP contribution in [0.5, 0.6) is 0 Å². The van der Waals surface area contributed by atoms with Crippen molar-refractivity contribution in [1.29, 1.82) is 0 Å². The maximum absolute atomic E-state index is 3.44. The van der Waals surface area contributed by atoms with Crippen LogP contribution in [0.2, 0.25) is 0 Å². The van der Waals surface area contributed by atoms with Crippen LogP contribution in [0.25, 0.3) is 0 Å². The summed E-state index contributed by atoms with van der Waals surface area (Å²) in [4.78, 5) is 0. The first kappa shape index (κ1) is 8.78. The highest BCUT2D eigenvalue weighted by molar-refractivity contribution is 5.55. The van der Waals surface area contributed by atoms with Crippen molar-refractivity contribution < 1.29 is 0 Å². The second-order valence-electron chi connectivity index (χ2n) is 4.79. The topological polar surface area (TPSA) is 12.0 Å². The van der Waals surface area contributed by atoms with E-state index in [1.807, 2.05) is 6.20 Å². The summed E-state index contributed by atoms with van der Waals surface area (Å²) in [5, 5.41) is 3.44. The third kappa shape index (κ3) is 1.03. The second-order valence-corrected chi connectivity index (χ2v) is 4.79. The number of benzene rings is 1. The van der Waals surface area contributed by atoms with Crippen molar-refractivity contribution >= 4 is 0 Å². The number of hydrogen-bond acceptors (Lipinski definition) is 1. The molecule has 0 saturated heterocycles. The van der Waals surface area contributed by atoms with Crippen LogP contribution in [0, 0.1) is 0 Å². The summed E-state index contributed by atoms with van der Waals surface area (Å²) in [6.07, 6.45) is 6.38. The van der Waals surface area contributed by atoms with Gasteiger partial charge in [0.25, 0.3) is 0 Å². The lowest BCUT2D eigenvalue weighted by atomic mass is 9.82. The van der Waals surface area contributed by atoms with Gasteiger partial charge in [0.2, 0.25) is 0 Å². The molecule has 1 aliphatic heterocycles. The normalized spacial score (nSPS) is 25.2. The van der Waals surface area contributed by atoms with Gasteiger partial charge in [0.1, 0.15) is 0 Å². The monoisotopic (exact) mass is 197 g/mol. The minimum absolute atomic E-state index is 0.166. The van der Waals surface area contributed by atoms with Crippen molar-refractivity contribution in [1.82, 2.24) is 5.32 Å². The van der Waals surface area contributed by atoms with E-state index in [0.717, 1.165) is 0 Å². The molecule has 3 rings (SSSR count). The van der Waals surface area contributed by atoms with E-state index in [-0.39, 0.29) is 5.41 Å². The molecule has 0 saturated carbocycles. The van der Waals surface area contributed by atoms with Gasteiger partial charge in [-0.2, -0.15) is 0 Å². The number of allylic oxidation sites excluding steroid dienone is 2. The predicted octanol–water partition coefficient (Wildman–Crippen LogP) is 3.06. The van der Waals surface area contributed by atoms with E-state index in [0.29, 0.717) is 6.04 Å². The van der Waals surface area contributed by atoms with Gasteiger partial charge in [-0.15, -0.1) is 0 Å². The zero-order chi connectivity index (χ0) is 10.5. The summed E-state index contributed by atoms with van der Waals surface area (Å²) in [6.45, 7) is 4.61. The highest BCUT2D eigenvalue weighted by Gasteiger charge is 2.41. The van der Waals surface area contributed by atoms with Crippen molar-refractivity contribution in [2.75, 3.05) is 0 Å². The van der Waals surface area contributed by atoms with Gasteiger partial charge >= 0.3 is 0 Å². The van der Waals surface area contributed by atoms with Gasteiger partial charge in [0, 0.05) is 5.41 Å². The average molecular weight is 197 g/mol. The fourth-order valence-corrected chi connectivity index (χ4v) is 2.79. The molecule has 76 valence electrons. The highest BCUT2D eigenvalue weighted by Crippen LogP contribution is 2.49. The lowest BCUT2D eigenvalue weighted by molar-refractivity contribution is 0.590. The Morgan fingerprint density at radius 2 is 2.00 bits per heavy atom. The smallest absolute Gasteiger partial charge is 0.0736 e. The Morgan fingerprint density at radius 1 is 1.20 bits per heavy atom. The Balaban J connectivity index is 2.26. The van der Waals surface area contributed by atoms with Gasteiger partial charge in [0.15, 0.2) is 0 Å². The first-order chi connectivity index (χ1) is 7.21. The summed E-state index contributed by atoms with van der Waals surface area (Å²) in [7, 11) is 0. The molecular formula is C14H15N. The average Bonchev–Trinajstić information content (AvgIpc) is 2.51. The SMILES string of the molecule is CC1(C)C2=CC=CNC2c2ccccc21. The van der Waals surface area contributed by atoms with Gasteiger partial charge in [-0.05, 0) is 29.0 Å². The van der Waals surface area contributed by atoms with E-state index in [1.165, 1.54) is 16.7 Å². The third-order valence-corrected chi connectivity index (χ3v) is 3.61. The largest absolute Gasteiger partial charge is 0.380 e. The Kier molecular flexibility index (Phi) is 1.61. The van der Waals surface area contributed by atoms with E-state index in [1.54, 1.807) is 0 Å². The zero-order valence-corrected chi connectivity index (χ0v) is 9.12. The van der Waals surface area contributed by atoms with Crippen LogP contribution >= 0.6 is 0 Å². The Morgan fingerprint density at radius 3 is 2.87 bits per heavy atom. The first-order valence-corrected chi connectivity index (χ1v) is 5.44. The molecule has 1 aliphatic carbocycles. The fraction of sp³-hybridized carbons (Fsp3) is 0.286. The molecule has 1 atom stereocenters. The number of nitrogens with one attached hydrogen (secondary N) is 1. The van der Waals surface area contributed by atoms with Crippen LogP contribution in [-0.4, -0.2) is 0 Å². The lowest BCUT2D eigenvalue weighted by Crippen LogP contribution is -2.23. The molecule has 0 spiro atoms. The molecule has 1 unspecified atom stereocenters. The van der Waals surface area contributed by atoms with Crippen molar-refractivity contribution in [3.05, 3.63) is 59.3 Å². The zero-order valence-electron chi connectivity index (χ0n) is 9.12. The number of dihydropyridines is 1. The van der Waals surface area contributed by atoms with Crippen molar-refractivity contribution in [2.45, 2.75) is 25.3 Å². The first-order valence-electron chi connectivity index (χ1n) is 5.44. The molecule has 1 heterocycles. The maximum Gasteiger partial charge on any atom is 0.0736 e. The summed E-state index contributed by atoms with van der Waals surface area (Å²) >= 11 is 0. The summed E-state index contributed by atoms with van der Waals surface area (Å²) in [5.74, 6) is 0. The molecule has 1 nitrogen and oxygen atoms in total. The van der Waals surface area contributed by atoms with Crippen molar-refractivity contribution in [3.8, 4) is 0 Å². The van der Waals surface area contributed by atoms with Gasteiger partial charge in [0.05, 0.1) is 6.04 Å². The molecule has 1 heteroatoms. The maximum atomic E-state index is 3.44. The van der Waals surface area contributed by atoms with Crippen LogP contribution in [0.4, 0.5) is 0 Å². The Labute approximate surface area is 90.5 Å². The molecule has 0 fully saturated rings. The van der Waals surface area contributed by atoms with Crippen LogP contribution in [0.15, 0.2) is 48.2 Å². The number of hydrogen-bond donors (Lipinski definition) is 1. The van der Waals surface area contributed by atoms with E-state index in [9.17, 15) is 0 Å². The molecule has 0 amide bonds. The van der Waals surface area contributed by atoms with Gasteiger partial charge < -0.3 is 5.32 Å². The van der Waals surface area contributed by atoms with Crippen LogP contribution in [0.3, 0.4) is 0 Å². The summed E-state index contributed by atoms with van der Waals surface area (Å²) in [5.41, 5.74) is 4.53. The highest BCUT2D eigenvalue weighted by atomic mass is 14.9. The summed E-state index contributed by atoms with van der Waals surface area (Å²) in [6, 6.07) is 9.12. The van der Waals surface area contributed by atoms with E-state index < -0.39 is 0 Å². The molecule has 0 radical (unpaired) electrons. The fourth-order valence-electron chi connectivity index (χ4n) is 2.79. The lowest BCUT2D eigenvalue weighted by Gasteiger charge is -2.25. The summed E-state index contributed by atoms with van der Waals surface area (Å²) < 4.78 is 0. The van der Waals surface area contributed by atoms with Crippen LogP contribution in [0.1, 0.15) is 31.0 Å². The second kappa shape index (κ2) is 2.75. The Hall–Kier alpha value is -1.50. The minimum atomic E-state index is 0.166. The molecule has 15 heavy (non-hydrogen) atoms. The third-order valence-electron chi connectivity index (χ3n) is 3.61. The molecule has 1 N–H and O–H groups in total. The molecule has 0 aromatic heterocycles. The van der Waals surface area contributed by atoms with Gasteiger partial charge in [-0.25, -0.2) is 0 Å². The molecule has 1 aromatic rings. The number of rotatable bonds is 0. The minimum Gasteiger partial charge on any atom is -0.380 e. The van der Waals surface area contributed by atoms with E-state index in [4.69, 9.17) is 0 Å². The van der Waals surface area contributed by atoms with Gasteiger partial charge in [-0.3, -0.25) is 0 Å². The van der Waals surface area contributed by atoms with Gasteiger partial charge in [-0.1, -0.05) is 44.2 Å². The van der Waals surface area contributed by atoms with Crippen LogP contribution in [-0.2, 0) is 5.41 Å². The quantitative estimate of drug-likeness (QED) is 0.674. The predicted molar refractivity (Wildman–Crippen MR) is 62.6 cm³/mol. The molecule has 0 bridgehead atoms. The standard InChI is InChI=1S/C14H15N/c1-14(2)11-7-4-3-6-10(11)13-12(14)8-5-9-15-13/h3-9,13,15H,1-2H3. The van der Waals surface area contributed by atoms with Crippen molar-refractivity contribution in [2.24, 2.45) is 0 Å². The van der Waals surface area contributed by atoms with E-state index >= 15 is 0 Å². The molecule has 1 aromatic carbocycles. The van der Waals surface area contributed by atoms with E-state index in [2.05, 4.69) is 55.6 Å². The molecular weight excluding hydrogens is 182 g/mol. The molecule has 2 aliphatic rings.